The third-order valence-electron chi connectivity index (χ3n) is 1.15. The number of aromatic nitrogens is 2. The summed E-state index contributed by atoms with van der Waals surface area (Å²) in [6.07, 6.45) is 0. The summed E-state index contributed by atoms with van der Waals surface area (Å²) >= 11 is 5.57. The smallest absolute Gasteiger partial charge is 0.253 e. The number of halogens is 1. The van der Waals surface area contributed by atoms with Crippen LogP contribution in [0.25, 0.3) is 0 Å². The molecule has 6 heteroatoms. The van der Waals surface area contributed by atoms with Crippen LogP contribution >= 0.6 is 11.6 Å². The summed E-state index contributed by atoms with van der Waals surface area (Å²) in [6, 6.07) is 1.75. The Morgan fingerprint density at radius 1 is 1.58 bits per heavy atom. The van der Waals surface area contributed by atoms with Gasteiger partial charge in [0.05, 0.1) is 7.11 Å². The van der Waals surface area contributed by atoms with E-state index in [1.54, 1.807) is 6.07 Å². The number of nitrogens with two attached hydrogens (primary N) is 1. The van der Waals surface area contributed by atoms with E-state index in [-0.39, 0.29) is 22.5 Å². The maximum absolute atomic E-state index is 8.47. The fraction of sp³-hybridized carbons (Fsp3) is 0.167. The Kier molecular flexibility index (Phi) is 2.31. The number of rotatable bonds is 1. The van der Waals surface area contributed by atoms with Crippen molar-refractivity contribution in [2.24, 2.45) is 0 Å². The zero-order chi connectivity index (χ0) is 9.14. The number of hydrogen-bond donors (Lipinski definition) is 1. The van der Waals surface area contributed by atoms with E-state index in [1.165, 1.54) is 7.11 Å². The lowest BCUT2D eigenvalue weighted by molar-refractivity contribution is 0.396. The molecular weight excluding hydrogens is 180 g/mol. The molecule has 0 aliphatic rings. The highest BCUT2D eigenvalue weighted by Crippen LogP contribution is 2.21. The minimum absolute atomic E-state index is 0.000741. The van der Waals surface area contributed by atoms with E-state index in [1.807, 2.05) is 0 Å². The fourth-order valence-electron chi connectivity index (χ4n) is 0.624. The van der Waals surface area contributed by atoms with Crippen molar-refractivity contribution in [1.29, 1.82) is 5.26 Å². The van der Waals surface area contributed by atoms with Crippen molar-refractivity contribution in [1.82, 2.24) is 9.97 Å². The minimum atomic E-state index is 0.000741. The Morgan fingerprint density at radius 2 is 2.25 bits per heavy atom. The first kappa shape index (κ1) is 8.56. The van der Waals surface area contributed by atoms with Gasteiger partial charge in [-0.15, -0.1) is 0 Å². The Balaban J connectivity index is 3.28. The van der Waals surface area contributed by atoms with Crippen LogP contribution in [0.3, 0.4) is 0 Å². The largest absolute Gasteiger partial charge is 0.479 e. The second-order valence-electron chi connectivity index (χ2n) is 1.87. The lowest BCUT2D eigenvalue weighted by Gasteiger charge is -2.01. The van der Waals surface area contributed by atoms with Gasteiger partial charge in [0.25, 0.3) is 5.88 Å². The van der Waals surface area contributed by atoms with E-state index in [0.717, 1.165) is 0 Å². The Labute approximate surface area is 73.7 Å². The molecule has 12 heavy (non-hydrogen) atoms. The van der Waals surface area contributed by atoms with Crippen molar-refractivity contribution in [3.63, 3.8) is 0 Å². The molecule has 0 saturated carbocycles. The third kappa shape index (κ3) is 1.38. The number of anilines is 1. The summed E-state index contributed by atoms with van der Waals surface area (Å²) in [6.45, 7) is 0. The van der Waals surface area contributed by atoms with Crippen molar-refractivity contribution >= 4 is 17.4 Å². The first-order valence-corrected chi connectivity index (χ1v) is 3.34. The van der Waals surface area contributed by atoms with Crippen molar-refractivity contribution in [3.8, 4) is 11.9 Å². The van der Waals surface area contributed by atoms with Gasteiger partial charge >= 0.3 is 0 Å². The standard InChI is InChI=1S/C6H5ClN4O/c1-12-6-4(7)10-3(2-8)5(9)11-6/h1H3,(H2,9,11). The minimum Gasteiger partial charge on any atom is -0.479 e. The molecule has 0 saturated heterocycles. The summed E-state index contributed by atoms with van der Waals surface area (Å²) in [7, 11) is 1.39. The van der Waals surface area contributed by atoms with Gasteiger partial charge in [0, 0.05) is 0 Å². The van der Waals surface area contributed by atoms with E-state index in [4.69, 9.17) is 27.3 Å². The molecule has 1 heterocycles. The number of hydrogen-bond acceptors (Lipinski definition) is 5. The van der Waals surface area contributed by atoms with Crippen LogP contribution in [0.2, 0.25) is 5.15 Å². The van der Waals surface area contributed by atoms with Crippen LogP contribution in [0.1, 0.15) is 5.69 Å². The predicted molar refractivity (Wildman–Crippen MR) is 42.7 cm³/mol. The van der Waals surface area contributed by atoms with Gasteiger partial charge in [0.2, 0.25) is 0 Å². The molecule has 0 radical (unpaired) electrons. The topological polar surface area (TPSA) is 84.8 Å². The Morgan fingerprint density at radius 3 is 2.75 bits per heavy atom. The first-order chi connectivity index (χ1) is 5.69. The highest BCUT2D eigenvalue weighted by Gasteiger charge is 2.09. The summed E-state index contributed by atoms with van der Waals surface area (Å²) < 4.78 is 4.73. The van der Waals surface area contributed by atoms with E-state index in [9.17, 15) is 0 Å². The molecular formula is C6H5ClN4O. The first-order valence-electron chi connectivity index (χ1n) is 2.96. The van der Waals surface area contributed by atoms with E-state index in [0.29, 0.717) is 0 Å². The van der Waals surface area contributed by atoms with Crippen LogP contribution in [0.4, 0.5) is 5.82 Å². The van der Waals surface area contributed by atoms with Crippen molar-refractivity contribution in [2.45, 2.75) is 0 Å². The van der Waals surface area contributed by atoms with Gasteiger partial charge in [-0.05, 0) is 0 Å². The summed E-state index contributed by atoms with van der Waals surface area (Å²) in [4.78, 5) is 7.35. The van der Waals surface area contributed by atoms with Crippen molar-refractivity contribution < 1.29 is 4.74 Å². The van der Waals surface area contributed by atoms with Gasteiger partial charge in [0.1, 0.15) is 6.07 Å². The molecule has 0 amide bonds. The fourth-order valence-corrected chi connectivity index (χ4v) is 0.828. The van der Waals surface area contributed by atoms with E-state index < -0.39 is 0 Å². The molecule has 0 aliphatic carbocycles. The van der Waals surface area contributed by atoms with Crippen LogP contribution < -0.4 is 10.5 Å². The molecule has 1 rings (SSSR count). The zero-order valence-corrected chi connectivity index (χ0v) is 6.96. The number of ether oxygens (including phenoxy) is 1. The molecule has 62 valence electrons. The highest BCUT2D eigenvalue weighted by molar-refractivity contribution is 6.30. The quantitative estimate of drug-likeness (QED) is 0.691. The summed E-state index contributed by atoms with van der Waals surface area (Å²) in [5.74, 6) is 0.131. The average Bonchev–Trinajstić information content (AvgIpc) is 2.08. The summed E-state index contributed by atoms with van der Waals surface area (Å²) in [5, 5.41) is 8.51. The molecule has 0 aromatic carbocycles. The second-order valence-corrected chi connectivity index (χ2v) is 2.23. The Bertz CT molecular complexity index is 345. The van der Waals surface area contributed by atoms with E-state index >= 15 is 0 Å². The molecule has 0 fully saturated rings. The number of methoxy groups -OCH3 is 1. The maximum atomic E-state index is 8.47. The van der Waals surface area contributed by atoms with Gasteiger partial charge in [0.15, 0.2) is 16.7 Å². The SMILES string of the molecule is COc1nc(N)c(C#N)nc1Cl. The molecule has 0 spiro atoms. The molecule has 1 aromatic heterocycles. The molecule has 1 aromatic rings. The second kappa shape index (κ2) is 3.24. The molecule has 0 bridgehead atoms. The van der Waals surface area contributed by atoms with Gasteiger partial charge in [-0.2, -0.15) is 10.2 Å². The highest BCUT2D eigenvalue weighted by atomic mass is 35.5. The molecule has 2 N–H and O–H groups in total. The summed E-state index contributed by atoms with van der Waals surface area (Å²) in [5.41, 5.74) is 5.34. The van der Waals surface area contributed by atoms with Crippen LogP contribution in [-0.2, 0) is 0 Å². The third-order valence-corrected chi connectivity index (χ3v) is 1.40. The van der Waals surface area contributed by atoms with Crippen LogP contribution in [-0.4, -0.2) is 17.1 Å². The van der Waals surface area contributed by atoms with E-state index in [2.05, 4.69) is 9.97 Å². The molecule has 0 unspecified atom stereocenters. The number of nitrogen functional groups attached to an aromatic ring is 1. The molecule has 0 aliphatic heterocycles. The van der Waals surface area contributed by atoms with Gasteiger partial charge in [-0.1, -0.05) is 11.6 Å². The number of nitriles is 1. The van der Waals surface area contributed by atoms with Crippen LogP contribution in [0.5, 0.6) is 5.88 Å². The monoisotopic (exact) mass is 184 g/mol. The van der Waals surface area contributed by atoms with Crippen molar-refractivity contribution in [3.05, 3.63) is 10.8 Å². The normalized spacial score (nSPS) is 9.08. The average molecular weight is 185 g/mol. The zero-order valence-electron chi connectivity index (χ0n) is 6.21. The van der Waals surface area contributed by atoms with Gasteiger partial charge in [-0.3, -0.25) is 0 Å². The van der Waals surface area contributed by atoms with Gasteiger partial charge < -0.3 is 10.5 Å². The molecule has 0 atom stereocenters. The lowest BCUT2D eigenvalue weighted by atomic mass is 10.4. The Hall–Kier alpha value is -1.54. The molecule has 5 nitrogen and oxygen atoms in total. The van der Waals surface area contributed by atoms with Crippen LogP contribution in [0, 0.1) is 11.3 Å². The predicted octanol–water partition coefficient (Wildman–Crippen LogP) is 0.592. The van der Waals surface area contributed by atoms with Crippen LogP contribution in [0.15, 0.2) is 0 Å². The lowest BCUT2D eigenvalue weighted by Crippen LogP contribution is -2.01. The number of nitrogens with zero attached hydrogens (tertiary/aromatic N) is 3. The van der Waals surface area contributed by atoms with Crippen molar-refractivity contribution in [2.75, 3.05) is 12.8 Å². The van der Waals surface area contributed by atoms with Gasteiger partial charge in [-0.25, -0.2) is 4.98 Å². The maximum Gasteiger partial charge on any atom is 0.253 e.